The van der Waals surface area contributed by atoms with Crippen molar-refractivity contribution in [3.8, 4) is 11.3 Å². The number of allylic oxidation sites excluding steroid dienone is 1. The first-order chi connectivity index (χ1) is 10.5. The van der Waals surface area contributed by atoms with Crippen LogP contribution in [0.1, 0.15) is 12.7 Å². The Morgan fingerprint density at radius 1 is 1.18 bits per heavy atom. The molecule has 22 heavy (non-hydrogen) atoms. The van der Waals surface area contributed by atoms with Gasteiger partial charge in [-0.2, -0.15) is 0 Å². The van der Waals surface area contributed by atoms with Crippen molar-refractivity contribution in [1.29, 1.82) is 0 Å². The molecule has 0 saturated heterocycles. The first-order valence-corrected chi connectivity index (χ1v) is 6.50. The lowest BCUT2D eigenvalue weighted by Crippen LogP contribution is -1.95. The fraction of sp³-hybridized carbons (Fsp3) is 0.0625. The number of carbonyl (C=O) groups excluding carboxylic acids is 1. The molecule has 0 spiro atoms. The van der Waals surface area contributed by atoms with E-state index >= 15 is 0 Å². The second kappa shape index (κ2) is 5.33. The van der Waals surface area contributed by atoms with Crippen LogP contribution in [0.25, 0.3) is 17.4 Å². The molecule has 3 rings (SSSR count). The molecule has 6 nitrogen and oxygen atoms in total. The molecule has 2 heterocycles. The third kappa shape index (κ3) is 2.54. The molecule has 0 aliphatic carbocycles. The molecule has 0 N–H and O–H groups in total. The largest absolute Gasteiger partial charge is 0.456 e. The number of furan rings is 1. The number of hydrogen-bond donors (Lipinski definition) is 0. The number of rotatable bonds is 3. The van der Waals surface area contributed by atoms with Crippen LogP contribution in [0.5, 0.6) is 0 Å². The van der Waals surface area contributed by atoms with E-state index in [1.807, 2.05) is 0 Å². The standard InChI is InChI=1S/C16H11NO5/c1-10-8-11(16(18)21-10)9-12-6-7-15(22-12)13-4-2-3-5-14(13)17(19)20/h2-9H,1H3/b11-9-. The summed E-state index contributed by atoms with van der Waals surface area (Å²) in [6, 6.07) is 9.59. The Balaban J connectivity index is 1.97. The van der Waals surface area contributed by atoms with E-state index in [2.05, 4.69) is 0 Å². The number of carbonyl (C=O) groups is 1. The zero-order chi connectivity index (χ0) is 15.7. The van der Waals surface area contributed by atoms with Gasteiger partial charge < -0.3 is 9.15 Å². The molecule has 1 aliphatic heterocycles. The molecule has 0 atom stereocenters. The normalized spacial score (nSPS) is 15.8. The van der Waals surface area contributed by atoms with Gasteiger partial charge in [0, 0.05) is 6.07 Å². The molecule has 0 fully saturated rings. The lowest BCUT2D eigenvalue weighted by atomic mass is 10.1. The molecule has 2 aromatic rings. The Morgan fingerprint density at radius 3 is 2.64 bits per heavy atom. The highest BCUT2D eigenvalue weighted by Gasteiger charge is 2.20. The predicted molar refractivity (Wildman–Crippen MR) is 78.6 cm³/mol. The Hall–Kier alpha value is -3.15. The van der Waals surface area contributed by atoms with Crippen LogP contribution in [0.15, 0.2) is 58.2 Å². The Bertz CT molecular complexity index is 829. The summed E-state index contributed by atoms with van der Waals surface area (Å²) in [5.41, 5.74) is 0.728. The third-order valence-electron chi connectivity index (χ3n) is 3.14. The number of cyclic esters (lactones) is 1. The van der Waals surface area contributed by atoms with E-state index in [9.17, 15) is 14.9 Å². The average molecular weight is 297 g/mol. The van der Waals surface area contributed by atoms with Gasteiger partial charge in [0.05, 0.1) is 16.1 Å². The summed E-state index contributed by atoms with van der Waals surface area (Å²) < 4.78 is 10.5. The first-order valence-electron chi connectivity index (χ1n) is 6.50. The fourth-order valence-electron chi connectivity index (χ4n) is 2.18. The van der Waals surface area contributed by atoms with E-state index < -0.39 is 10.9 Å². The van der Waals surface area contributed by atoms with Crippen LogP contribution in [0.3, 0.4) is 0 Å². The van der Waals surface area contributed by atoms with Gasteiger partial charge >= 0.3 is 5.97 Å². The lowest BCUT2D eigenvalue weighted by Gasteiger charge is -1.98. The van der Waals surface area contributed by atoms with Crippen molar-refractivity contribution >= 4 is 17.7 Å². The zero-order valence-corrected chi connectivity index (χ0v) is 11.6. The van der Waals surface area contributed by atoms with Gasteiger partial charge in [-0.05, 0) is 37.3 Å². The second-order valence-corrected chi connectivity index (χ2v) is 4.72. The molecule has 0 bridgehead atoms. The zero-order valence-electron chi connectivity index (χ0n) is 11.6. The smallest absolute Gasteiger partial charge is 0.343 e. The van der Waals surface area contributed by atoms with Crippen molar-refractivity contribution in [3.05, 3.63) is 69.7 Å². The van der Waals surface area contributed by atoms with Crippen LogP contribution in [-0.2, 0) is 9.53 Å². The number of para-hydroxylation sites is 1. The third-order valence-corrected chi connectivity index (χ3v) is 3.14. The van der Waals surface area contributed by atoms with Crippen LogP contribution in [-0.4, -0.2) is 10.9 Å². The first kappa shape index (κ1) is 13.8. The summed E-state index contributed by atoms with van der Waals surface area (Å²) >= 11 is 0. The van der Waals surface area contributed by atoms with Gasteiger partial charge in [0.1, 0.15) is 17.3 Å². The van der Waals surface area contributed by atoms with Gasteiger partial charge in [0.2, 0.25) is 0 Å². The molecular formula is C16H11NO5. The minimum absolute atomic E-state index is 0.0351. The number of nitro groups is 1. The lowest BCUT2D eigenvalue weighted by molar-refractivity contribution is -0.384. The number of esters is 1. The van der Waals surface area contributed by atoms with Crippen molar-refractivity contribution in [1.82, 2.24) is 0 Å². The molecule has 0 amide bonds. The predicted octanol–water partition coefficient (Wildman–Crippen LogP) is 3.70. The molecular weight excluding hydrogens is 286 g/mol. The molecule has 1 aromatic carbocycles. The Kier molecular flexibility index (Phi) is 3.34. The number of ether oxygens (including phenoxy) is 1. The van der Waals surface area contributed by atoms with Crippen LogP contribution >= 0.6 is 0 Å². The van der Waals surface area contributed by atoms with E-state index in [-0.39, 0.29) is 5.69 Å². The minimum atomic E-state index is -0.462. The average Bonchev–Trinajstić information content (AvgIpc) is 3.06. The van der Waals surface area contributed by atoms with Gasteiger partial charge in [-0.3, -0.25) is 10.1 Å². The highest BCUT2D eigenvalue weighted by molar-refractivity contribution is 5.99. The van der Waals surface area contributed by atoms with Gasteiger partial charge in [0.25, 0.3) is 5.69 Å². The van der Waals surface area contributed by atoms with Crippen LogP contribution in [0.2, 0.25) is 0 Å². The van der Waals surface area contributed by atoms with Crippen LogP contribution in [0, 0.1) is 10.1 Å². The van der Waals surface area contributed by atoms with E-state index in [4.69, 9.17) is 9.15 Å². The van der Waals surface area contributed by atoms with Crippen molar-refractivity contribution in [3.63, 3.8) is 0 Å². The monoisotopic (exact) mass is 297 g/mol. The maximum atomic E-state index is 11.5. The van der Waals surface area contributed by atoms with Crippen LogP contribution in [0.4, 0.5) is 5.69 Å². The summed E-state index contributed by atoms with van der Waals surface area (Å²) in [5.74, 6) is 0.861. The molecule has 6 heteroatoms. The molecule has 0 unspecified atom stereocenters. The van der Waals surface area contributed by atoms with E-state index in [0.717, 1.165) is 0 Å². The summed E-state index contributed by atoms with van der Waals surface area (Å²) in [7, 11) is 0. The van der Waals surface area contributed by atoms with E-state index in [1.54, 1.807) is 43.3 Å². The summed E-state index contributed by atoms with van der Waals surface area (Å²) in [6.45, 7) is 1.68. The molecule has 1 aliphatic rings. The Labute approximate surface area is 125 Å². The second-order valence-electron chi connectivity index (χ2n) is 4.72. The van der Waals surface area contributed by atoms with Gasteiger partial charge in [-0.1, -0.05) is 12.1 Å². The summed E-state index contributed by atoms with van der Waals surface area (Å²) in [6.07, 6.45) is 3.15. The number of hydrogen-bond acceptors (Lipinski definition) is 5. The van der Waals surface area contributed by atoms with Crippen molar-refractivity contribution < 1.29 is 18.9 Å². The van der Waals surface area contributed by atoms with Gasteiger partial charge in [-0.25, -0.2) is 4.79 Å². The summed E-state index contributed by atoms with van der Waals surface area (Å²) in [4.78, 5) is 22.1. The maximum absolute atomic E-state index is 11.5. The van der Waals surface area contributed by atoms with E-state index in [1.165, 1.54) is 12.1 Å². The number of benzene rings is 1. The topological polar surface area (TPSA) is 82.6 Å². The van der Waals surface area contributed by atoms with Gasteiger partial charge in [0.15, 0.2) is 0 Å². The van der Waals surface area contributed by atoms with Crippen molar-refractivity contribution in [2.24, 2.45) is 0 Å². The van der Waals surface area contributed by atoms with Crippen molar-refractivity contribution in [2.75, 3.05) is 0 Å². The molecule has 0 radical (unpaired) electrons. The number of nitrogens with zero attached hydrogens (tertiary/aromatic N) is 1. The SMILES string of the molecule is CC1=C/C(=C/c2ccc(-c3ccccc3[N+](=O)[O-])o2)C(=O)O1. The minimum Gasteiger partial charge on any atom is -0.456 e. The highest BCUT2D eigenvalue weighted by atomic mass is 16.6. The van der Waals surface area contributed by atoms with Gasteiger partial charge in [-0.15, -0.1) is 0 Å². The molecule has 0 saturated carbocycles. The van der Waals surface area contributed by atoms with Crippen molar-refractivity contribution in [2.45, 2.75) is 6.92 Å². The Morgan fingerprint density at radius 2 is 1.95 bits per heavy atom. The number of nitro benzene ring substituents is 1. The van der Waals surface area contributed by atoms with E-state index in [0.29, 0.717) is 28.4 Å². The highest BCUT2D eigenvalue weighted by Crippen LogP contribution is 2.31. The quantitative estimate of drug-likeness (QED) is 0.373. The molecule has 110 valence electrons. The maximum Gasteiger partial charge on any atom is 0.343 e. The fourth-order valence-corrected chi connectivity index (χ4v) is 2.18. The summed E-state index contributed by atoms with van der Waals surface area (Å²) in [5, 5.41) is 11.0. The molecule has 1 aromatic heterocycles. The van der Waals surface area contributed by atoms with Crippen LogP contribution < -0.4 is 0 Å².